The third-order valence-corrected chi connectivity index (χ3v) is 0. The predicted octanol–water partition coefficient (Wildman–Crippen LogP) is 0.344. The third-order valence-electron chi connectivity index (χ3n) is 0. The van der Waals surface area contributed by atoms with Crippen LogP contribution >= 0.6 is 0 Å². The first-order chi connectivity index (χ1) is 2.41. The van der Waals surface area contributed by atoms with Crippen LogP contribution in [0.4, 0.5) is 0 Å². The minimum Gasteiger partial charge on any atom is -0.512 e. The molecule has 0 aromatic carbocycles. The van der Waals surface area contributed by atoms with Crippen molar-refractivity contribution < 1.29 is 17.1 Å². The molecule has 6 heavy (non-hydrogen) atoms. The second kappa shape index (κ2) is 306. The monoisotopic (exact) mass is 135 g/mol. The van der Waals surface area contributed by atoms with Crippen molar-refractivity contribution >= 4 is 0 Å². The van der Waals surface area contributed by atoms with Gasteiger partial charge in [-0.2, -0.15) is 0 Å². The predicted molar refractivity (Wildman–Crippen MR) is 14.1 cm³/mol. The fourth-order valence-corrected chi connectivity index (χ4v) is 0. The van der Waals surface area contributed by atoms with Gasteiger partial charge in [-0.05, 0) is 0 Å². The molecule has 0 heterocycles. The Morgan fingerprint density at radius 2 is 1.67 bits per heavy atom. The second-order valence-corrected chi connectivity index (χ2v) is 0.0745. The van der Waals surface area contributed by atoms with Crippen molar-refractivity contribution in [2.45, 2.75) is 0 Å². The van der Waals surface area contributed by atoms with Gasteiger partial charge in [0.1, 0.15) is 0 Å². The summed E-state index contributed by atoms with van der Waals surface area (Å²) in [5, 5.41) is 15.2. The molecule has 0 saturated carbocycles. The molecule has 0 atom stereocenters. The smallest absolute Gasteiger partial charge is 0.512 e. The maximum atomic E-state index is 8.00. The largest absolute Gasteiger partial charge is 1.00 e. The van der Waals surface area contributed by atoms with E-state index in [1.807, 2.05) is 0 Å². The van der Waals surface area contributed by atoms with E-state index in [2.05, 4.69) is 0 Å². The minimum atomic E-state index is 0. The minimum absolute atomic E-state index is 0. The molecule has 0 unspecified atom stereocenters. The fraction of sp³-hybridized carbons (Fsp3) is 0. The zero-order valence-electron chi connectivity index (χ0n) is 2.51. The normalized spacial score (nSPS) is 2.33. The van der Waals surface area contributed by atoms with Crippen molar-refractivity contribution in [3.05, 3.63) is 16.7 Å². The van der Waals surface area contributed by atoms with E-state index in [1.54, 1.807) is 0 Å². The molecule has 4 nitrogen and oxygen atoms in total. The van der Waals surface area contributed by atoms with Crippen molar-refractivity contribution in [2.75, 3.05) is 0 Å². The van der Waals surface area contributed by atoms with Crippen LogP contribution in [0.2, 0.25) is 0 Å². The maximum Gasteiger partial charge on any atom is 1.00 e. The molecule has 0 fully saturated rings. The van der Waals surface area contributed by atoms with Crippen molar-refractivity contribution in [3.63, 3.8) is 0 Å². The van der Waals surface area contributed by atoms with Gasteiger partial charge in [0.05, 0.1) is 0 Å². The van der Waals surface area contributed by atoms with Crippen molar-refractivity contribution in [1.29, 1.82) is 5.26 Å². The van der Waals surface area contributed by atoms with Gasteiger partial charge in [0, 0.05) is 0 Å². The van der Waals surface area contributed by atoms with Crippen LogP contribution in [-0.4, -0.2) is 0 Å². The number of rotatable bonds is 0. The van der Waals surface area contributed by atoms with E-state index in [0.717, 1.165) is 5.34 Å². The maximum absolute atomic E-state index is 8.00. The molecular formula is CCuN2O2-. The topological polar surface area (TPSA) is 76.3 Å². The molecule has 0 spiro atoms. The van der Waals surface area contributed by atoms with Crippen LogP contribution in [0.25, 0.3) is 0 Å². The summed E-state index contributed by atoms with van der Waals surface area (Å²) in [6.07, 6.45) is 0. The van der Waals surface area contributed by atoms with Crippen LogP contribution in [0.15, 0.2) is 5.34 Å². The average molecular weight is 136 g/mol. The number of hydrogen-bond acceptors (Lipinski definition) is 4. The van der Waals surface area contributed by atoms with Gasteiger partial charge in [0.25, 0.3) is 0 Å². The summed E-state index contributed by atoms with van der Waals surface area (Å²) in [4.78, 5) is 8.00. The zero-order chi connectivity index (χ0) is 4.71. The van der Waals surface area contributed by atoms with Crippen molar-refractivity contribution in [3.8, 4) is 0 Å². The second-order valence-electron chi connectivity index (χ2n) is 0.0745. The average Bonchev–Trinajstić information content (AvgIpc) is 1.46. The molecule has 0 aliphatic heterocycles. The van der Waals surface area contributed by atoms with Crippen LogP contribution in [0, 0.1) is 21.9 Å². The number of nitrogens with zero attached hydrogens (tertiary/aromatic N) is 2. The third kappa shape index (κ3) is 56.8. The summed E-state index contributed by atoms with van der Waals surface area (Å²) in [7, 11) is 0. The Bertz CT molecular complexity index is 35.8. The van der Waals surface area contributed by atoms with E-state index in [-0.39, 0.29) is 17.1 Å². The van der Waals surface area contributed by atoms with Crippen LogP contribution in [0.1, 0.15) is 0 Å². The van der Waals surface area contributed by atoms with Crippen molar-refractivity contribution in [1.82, 2.24) is 0 Å². The summed E-state index contributed by atoms with van der Waals surface area (Å²) in [5.74, 6) is 0. The Balaban J connectivity index is -0.0000000275. The van der Waals surface area contributed by atoms with Gasteiger partial charge in [0.2, 0.25) is 0 Å². The molecule has 5 heteroatoms. The van der Waals surface area contributed by atoms with Gasteiger partial charge in [0.15, 0.2) is 0 Å². The van der Waals surface area contributed by atoms with E-state index in [1.165, 1.54) is 0 Å². The Morgan fingerprint density at radius 1 is 1.67 bits per heavy atom. The van der Waals surface area contributed by atoms with E-state index in [9.17, 15) is 0 Å². The van der Waals surface area contributed by atoms with Crippen molar-refractivity contribution in [2.24, 2.45) is 5.34 Å². The molecule has 0 aromatic heterocycles. The van der Waals surface area contributed by atoms with Gasteiger partial charge in [-0.1, -0.05) is 0 Å². The SMILES string of the molecule is O=N[O-].[C-]#N.[Cu+]. The molecular weight excluding hydrogens is 136 g/mol. The van der Waals surface area contributed by atoms with E-state index in [4.69, 9.17) is 21.9 Å². The molecule has 0 bridgehead atoms. The molecule has 0 radical (unpaired) electrons. The summed E-state index contributed by atoms with van der Waals surface area (Å²) in [5.41, 5.74) is 0. The van der Waals surface area contributed by atoms with Crippen LogP contribution < -0.4 is 0 Å². The van der Waals surface area contributed by atoms with Crippen LogP contribution in [-0.2, 0) is 17.1 Å². The van der Waals surface area contributed by atoms with Gasteiger partial charge in [-0.15, -0.1) is 5.34 Å². The first-order valence-corrected chi connectivity index (χ1v) is 0.589. The van der Waals surface area contributed by atoms with E-state index < -0.39 is 0 Å². The number of hydrogen-bond donors (Lipinski definition) is 0. The quantitative estimate of drug-likeness (QED) is 0.208. The van der Waals surface area contributed by atoms with Crippen LogP contribution in [0.3, 0.4) is 0 Å². The first kappa shape index (κ1) is 18.1. The Kier molecular flexibility index (Phi) is 923. The van der Waals surface area contributed by atoms with Gasteiger partial charge < -0.3 is 21.9 Å². The molecule has 0 aliphatic carbocycles. The summed E-state index contributed by atoms with van der Waals surface area (Å²) < 4.78 is 0. The Labute approximate surface area is 45.2 Å². The molecule has 38 valence electrons. The van der Waals surface area contributed by atoms with Gasteiger partial charge >= 0.3 is 17.1 Å². The first-order valence-electron chi connectivity index (χ1n) is 0.589. The molecule has 0 saturated heterocycles. The molecule has 0 aliphatic rings. The fourth-order valence-electron chi connectivity index (χ4n) is 0. The summed E-state index contributed by atoms with van der Waals surface area (Å²) in [6.45, 7) is 4.75. The standard InChI is InChI=1S/CN.Cu.HNO2/c1-2;;2-1-3/h;;(H,2,3)/q-1;+1;/p-1. The van der Waals surface area contributed by atoms with Gasteiger partial charge in [-0.25, -0.2) is 0 Å². The molecule has 0 N–H and O–H groups in total. The Morgan fingerprint density at radius 3 is 1.67 bits per heavy atom. The van der Waals surface area contributed by atoms with Crippen LogP contribution in [0.5, 0.6) is 0 Å². The van der Waals surface area contributed by atoms with E-state index in [0.29, 0.717) is 0 Å². The molecule has 0 rings (SSSR count). The van der Waals surface area contributed by atoms with E-state index >= 15 is 0 Å². The van der Waals surface area contributed by atoms with Gasteiger partial charge in [-0.3, -0.25) is 0 Å². The molecule has 0 aromatic rings. The summed E-state index contributed by atoms with van der Waals surface area (Å²) >= 11 is 0. The zero-order valence-corrected chi connectivity index (χ0v) is 3.45. The summed E-state index contributed by atoms with van der Waals surface area (Å²) in [6, 6.07) is 0. The molecule has 0 amide bonds. The Hall–Kier alpha value is -0.591.